The van der Waals surface area contributed by atoms with Crippen LogP contribution in [0.2, 0.25) is 0 Å². The Labute approximate surface area is 96.3 Å². The van der Waals surface area contributed by atoms with E-state index in [9.17, 15) is 31.5 Å². The summed E-state index contributed by atoms with van der Waals surface area (Å²) in [6.45, 7) is 0. The Balaban J connectivity index is 3.26. The molecular formula is C9H4F5NO3. The van der Waals surface area contributed by atoms with Gasteiger partial charge in [-0.05, 0) is 0 Å². The summed E-state index contributed by atoms with van der Waals surface area (Å²) < 4.78 is 68.0. The highest BCUT2D eigenvalue weighted by molar-refractivity contribution is 6.37. The topological polar surface area (TPSA) is 55.4 Å². The molecule has 0 saturated carbocycles. The summed E-state index contributed by atoms with van der Waals surface area (Å²) in [5.41, 5.74) is -1.62. The van der Waals surface area contributed by atoms with E-state index in [1.807, 2.05) is 0 Å². The van der Waals surface area contributed by atoms with E-state index < -0.39 is 46.6 Å². The normalized spacial score (nSPS) is 10.1. The van der Waals surface area contributed by atoms with E-state index in [4.69, 9.17) is 0 Å². The van der Waals surface area contributed by atoms with E-state index in [0.29, 0.717) is 0 Å². The molecule has 4 nitrogen and oxygen atoms in total. The van der Waals surface area contributed by atoms with Gasteiger partial charge >= 0.3 is 11.9 Å². The van der Waals surface area contributed by atoms with Gasteiger partial charge in [-0.15, -0.1) is 0 Å². The Bertz CT molecular complexity index is 502. The SMILES string of the molecule is COC(=O)C(=O)Nc1c(F)c(F)c(F)c(F)c1F. The Morgan fingerprint density at radius 1 is 0.889 bits per heavy atom. The molecule has 0 heterocycles. The summed E-state index contributed by atoms with van der Waals surface area (Å²) >= 11 is 0. The number of hydrogen-bond acceptors (Lipinski definition) is 3. The molecule has 0 aliphatic heterocycles. The number of halogens is 5. The van der Waals surface area contributed by atoms with Gasteiger partial charge in [-0.2, -0.15) is 0 Å². The van der Waals surface area contributed by atoms with Gasteiger partial charge in [0.1, 0.15) is 5.69 Å². The van der Waals surface area contributed by atoms with Crippen LogP contribution in [0.15, 0.2) is 0 Å². The van der Waals surface area contributed by atoms with E-state index in [1.165, 1.54) is 5.32 Å². The maximum absolute atomic E-state index is 13.0. The van der Waals surface area contributed by atoms with Crippen molar-refractivity contribution in [2.45, 2.75) is 0 Å². The highest BCUT2D eigenvalue weighted by Crippen LogP contribution is 2.26. The van der Waals surface area contributed by atoms with Crippen molar-refractivity contribution >= 4 is 17.6 Å². The van der Waals surface area contributed by atoms with Crippen LogP contribution >= 0.6 is 0 Å². The van der Waals surface area contributed by atoms with E-state index in [2.05, 4.69) is 4.74 Å². The molecule has 0 saturated heterocycles. The van der Waals surface area contributed by atoms with Gasteiger partial charge < -0.3 is 10.1 Å². The van der Waals surface area contributed by atoms with Crippen molar-refractivity contribution in [1.29, 1.82) is 0 Å². The van der Waals surface area contributed by atoms with Gasteiger partial charge in [0.2, 0.25) is 5.82 Å². The van der Waals surface area contributed by atoms with Gasteiger partial charge in [-0.3, -0.25) is 4.79 Å². The van der Waals surface area contributed by atoms with Crippen LogP contribution < -0.4 is 5.32 Å². The molecule has 0 fully saturated rings. The second-order valence-corrected chi connectivity index (χ2v) is 2.89. The third-order valence-electron chi connectivity index (χ3n) is 1.82. The summed E-state index contributed by atoms with van der Waals surface area (Å²) in [6, 6.07) is 0. The van der Waals surface area contributed by atoms with E-state index >= 15 is 0 Å². The van der Waals surface area contributed by atoms with Crippen LogP contribution in [0.25, 0.3) is 0 Å². The third-order valence-corrected chi connectivity index (χ3v) is 1.82. The number of amides is 1. The lowest BCUT2D eigenvalue weighted by Crippen LogP contribution is -2.25. The maximum Gasteiger partial charge on any atom is 0.396 e. The first-order valence-electron chi connectivity index (χ1n) is 4.22. The average Bonchev–Trinajstić information content (AvgIpc) is 2.37. The Morgan fingerprint density at radius 3 is 1.67 bits per heavy atom. The molecular weight excluding hydrogens is 265 g/mol. The fourth-order valence-corrected chi connectivity index (χ4v) is 0.972. The molecule has 1 aromatic rings. The number of rotatable bonds is 1. The zero-order valence-electron chi connectivity index (χ0n) is 8.61. The van der Waals surface area contributed by atoms with Crippen LogP contribution in [0.4, 0.5) is 27.6 Å². The highest BCUT2D eigenvalue weighted by Gasteiger charge is 2.28. The number of nitrogens with one attached hydrogen (secondary N) is 1. The second-order valence-electron chi connectivity index (χ2n) is 2.89. The molecule has 1 N–H and O–H groups in total. The third kappa shape index (κ3) is 2.24. The largest absolute Gasteiger partial charge is 0.462 e. The molecule has 0 radical (unpaired) electrons. The van der Waals surface area contributed by atoms with Crippen molar-refractivity contribution in [3.05, 3.63) is 29.1 Å². The van der Waals surface area contributed by atoms with E-state index in [-0.39, 0.29) is 0 Å². The number of esters is 1. The molecule has 0 bridgehead atoms. The summed E-state index contributed by atoms with van der Waals surface area (Å²) in [4.78, 5) is 21.5. The first-order valence-corrected chi connectivity index (χ1v) is 4.22. The fourth-order valence-electron chi connectivity index (χ4n) is 0.972. The Morgan fingerprint density at radius 2 is 1.28 bits per heavy atom. The smallest absolute Gasteiger partial charge is 0.396 e. The minimum absolute atomic E-state index is 0.792. The monoisotopic (exact) mass is 269 g/mol. The van der Waals surface area contributed by atoms with Crippen molar-refractivity contribution in [2.75, 3.05) is 12.4 Å². The van der Waals surface area contributed by atoms with Crippen molar-refractivity contribution < 1.29 is 36.3 Å². The molecule has 0 aliphatic carbocycles. The van der Waals surface area contributed by atoms with E-state index in [0.717, 1.165) is 7.11 Å². The molecule has 0 unspecified atom stereocenters. The number of hydrogen-bond donors (Lipinski definition) is 1. The molecule has 0 atom stereocenters. The van der Waals surface area contributed by atoms with Gasteiger partial charge in [0.05, 0.1) is 7.11 Å². The zero-order chi connectivity index (χ0) is 14.0. The van der Waals surface area contributed by atoms with Crippen LogP contribution in [0.1, 0.15) is 0 Å². The van der Waals surface area contributed by atoms with Gasteiger partial charge in [0, 0.05) is 0 Å². The molecule has 0 aliphatic rings. The standard InChI is InChI=1S/C9H4F5NO3/c1-18-9(17)8(16)15-7-5(13)3(11)2(10)4(12)6(7)14/h1H3,(H,15,16). The molecule has 18 heavy (non-hydrogen) atoms. The highest BCUT2D eigenvalue weighted by atomic mass is 19.2. The minimum atomic E-state index is -2.37. The number of carbonyl (C=O) groups is 2. The van der Waals surface area contributed by atoms with Gasteiger partial charge in [0.25, 0.3) is 0 Å². The first-order chi connectivity index (χ1) is 8.31. The van der Waals surface area contributed by atoms with Crippen LogP contribution in [0, 0.1) is 29.1 Å². The van der Waals surface area contributed by atoms with Crippen molar-refractivity contribution in [3.8, 4) is 0 Å². The van der Waals surface area contributed by atoms with Crippen molar-refractivity contribution in [3.63, 3.8) is 0 Å². The predicted octanol–water partition coefficient (Wildman–Crippen LogP) is 1.49. The lowest BCUT2D eigenvalue weighted by Gasteiger charge is -2.08. The number of ether oxygens (including phenoxy) is 1. The Kier molecular flexibility index (Phi) is 3.84. The summed E-state index contributed by atoms with van der Waals surface area (Å²) in [5.74, 6) is -14.6. The Hall–Kier alpha value is -2.19. The molecule has 98 valence electrons. The number of methoxy groups -OCH3 is 1. The molecule has 1 aromatic carbocycles. The quantitative estimate of drug-likeness (QED) is 0.276. The molecule has 1 rings (SSSR count). The molecule has 0 aromatic heterocycles. The number of benzene rings is 1. The maximum atomic E-state index is 13.0. The van der Waals surface area contributed by atoms with E-state index in [1.54, 1.807) is 0 Å². The first kappa shape index (κ1) is 13.9. The molecule has 9 heteroatoms. The van der Waals surface area contributed by atoms with Crippen LogP contribution in [0.5, 0.6) is 0 Å². The van der Waals surface area contributed by atoms with Gasteiger partial charge in [0.15, 0.2) is 23.3 Å². The zero-order valence-corrected chi connectivity index (χ0v) is 8.61. The minimum Gasteiger partial charge on any atom is -0.462 e. The number of anilines is 1. The van der Waals surface area contributed by atoms with Crippen LogP contribution in [-0.4, -0.2) is 19.0 Å². The number of carbonyl (C=O) groups excluding carboxylic acids is 2. The van der Waals surface area contributed by atoms with Crippen LogP contribution in [0.3, 0.4) is 0 Å². The summed E-state index contributed by atoms with van der Waals surface area (Å²) in [6.07, 6.45) is 0. The molecule has 1 amide bonds. The second kappa shape index (κ2) is 4.98. The lowest BCUT2D eigenvalue weighted by molar-refractivity contribution is -0.150. The van der Waals surface area contributed by atoms with Crippen molar-refractivity contribution in [2.24, 2.45) is 0 Å². The average molecular weight is 269 g/mol. The van der Waals surface area contributed by atoms with Crippen LogP contribution in [-0.2, 0) is 14.3 Å². The summed E-state index contributed by atoms with van der Waals surface area (Å²) in [5, 5.41) is 1.23. The van der Waals surface area contributed by atoms with Crippen molar-refractivity contribution in [1.82, 2.24) is 0 Å². The van der Waals surface area contributed by atoms with Gasteiger partial charge in [-0.25, -0.2) is 26.7 Å². The predicted molar refractivity (Wildman–Crippen MR) is 46.9 cm³/mol. The lowest BCUT2D eigenvalue weighted by atomic mass is 10.2. The molecule has 0 spiro atoms. The van der Waals surface area contributed by atoms with Gasteiger partial charge in [-0.1, -0.05) is 0 Å². The summed E-state index contributed by atoms with van der Waals surface area (Å²) in [7, 11) is 0.792. The fraction of sp³-hybridized carbons (Fsp3) is 0.111.